The molecule has 0 amide bonds. The van der Waals surface area contributed by atoms with Gasteiger partial charge < -0.3 is 13.9 Å². The fraction of sp³-hybridized carbons (Fsp3) is 0.0690. The van der Waals surface area contributed by atoms with Crippen molar-refractivity contribution in [3.8, 4) is 62.1 Å². The molecule has 0 radical (unpaired) electrons. The van der Waals surface area contributed by atoms with E-state index in [1.54, 1.807) is 76.0 Å². The third kappa shape index (κ3) is 7.63. The van der Waals surface area contributed by atoms with Crippen LogP contribution < -0.4 is 9.30 Å². The number of pyridine rings is 1. The molecule has 0 saturated carbocycles. The minimum absolute atomic E-state index is 0. The number of para-hydroxylation sites is 3. The second-order valence-corrected chi connectivity index (χ2v) is 15.2. The van der Waals surface area contributed by atoms with Crippen LogP contribution in [0.15, 0.2) is 200 Å². The fourth-order valence-corrected chi connectivity index (χ4v) is 8.10. The monoisotopic (exact) mass is 1020 g/mol. The molecule has 0 aliphatic carbocycles. The molecule has 0 bridgehead atoms. The van der Waals surface area contributed by atoms with Crippen molar-refractivity contribution in [2.24, 2.45) is 5.92 Å². The normalized spacial score (nSPS) is 14.2. The van der Waals surface area contributed by atoms with E-state index in [1.807, 2.05) is 66.9 Å². The van der Waals surface area contributed by atoms with Crippen molar-refractivity contribution in [3.05, 3.63) is 224 Å². The van der Waals surface area contributed by atoms with E-state index in [-0.39, 0.29) is 54.9 Å². The molecule has 11 aromatic rings. The smallest absolute Gasteiger partial charge is 0.268 e. The summed E-state index contributed by atoms with van der Waals surface area (Å²) in [5, 5.41) is 1.81. The molecule has 3 aromatic heterocycles. The van der Waals surface area contributed by atoms with E-state index in [9.17, 15) is 0 Å². The summed E-state index contributed by atoms with van der Waals surface area (Å²) >= 11 is 0. The van der Waals surface area contributed by atoms with Gasteiger partial charge in [0.1, 0.15) is 5.82 Å². The number of benzene rings is 8. The Bertz CT molecular complexity index is 4000. The van der Waals surface area contributed by atoms with Crippen LogP contribution in [0.4, 0.5) is 0 Å². The number of fused-ring (bicyclic) bond motifs is 4. The zero-order chi connectivity index (χ0) is 52.8. The molecule has 64 heavy (non-hydrogen) atoms. The van der Waals surface area contributed by atoms with Crippen molar-refractivity contribution in [1.29, 1.82) is 0 Å². The molecule has 0 N–H and O–H groups in total. The van der Waals surface area contributed by atoms with Gasteiger partial charge in [-0.2, -0.15) is 18.2 Å². The number of hydrogen-bond donors (Lipinski definition) is 0. The summed E-state index contributed by atoms with van der Waals surface area (Å²) in [6.45, 7) is 3.70. The van der Waals surface area contributed by atoms with Gasteiger partial charge in [0, 0.05) is 47.0 Å². The molecule has 0 unspecified atom stereocenters. The van der Waals surface area contributed by atoms with Crippen LogP contribution >= 0.6 is 0 Å². The van der Waals surface area contributed by atoms with E-state index in [1.165, 1.54) is 0 Å². The van der Waals surface area contributed by atoms with Crippen LogP contribution in [0.5, 0.6) is 11.5 Å². The van der Waals surface area contributed by atoms with E-state index in [0.29, 0.717) is 45.1 Å². The number of ether oxygens (including phenoxy) is 1. The molecule has 0 aliphatic rings. The number of nitrogens with zero attached hydrogens (tertiary/aromatic N) is 4. The van der Waals surface area contributed by atoms with Crippen LogP contribution in [0.25, 0.3) is 83.4 Å². The van der Waals surface area contributed by atoms with Gasteiger partial charge >= 0.3 is 0 Å². The van der Waals surface area contributed by atoms with Gasteiger partial charge in [0.2, 0.25) is 0 Å². The van der Waals surface area contributed by atoms with Crippen LogP contribution in [0, 0.1) is 24.4 Å². The minimum atomic E-state index is -1.63. The number of rotatable bonds is 10. The third-order valence-electron chi connectivity index (χ3n) is 10.8. The van der Waals surface area contributed by atoms with Gasteiger partial charge in [-0.15, -0.1) is 29.7 Å². The summed E-state index contributed by atoms with van der Waals surface area (Å²) in [6.07, 6.45) is 3.39. The summed E-state index contributed by atoms with van der Waals surface area (Å²) in [5.74, 6) is 0.869. The van der Waals surface area contributed by atoms with Gasteiger partial charge in [-0.3, -0.25) is 4.57 Å². The first-order valence-corrected chi connectivity index (χ1v) is 20.4. The van der Waals surface area contributed by atoms with Gasteiger partial charge in [0.15, 0.2) is 0 Å². The Hall–Kier alpha value is -7.33. The predicted molar refractivity (Wildman–Crippen MR) is 255 cm³/mol. The maximum atomic E-state index is 9.02. The van der Waals surface area contributed by atoms with Crippen LogP contribution in [0.2, 0.25) is 0 Å². The van der Waals surface area contributed by atoms with E-state index in [4.69, 9.17) is 26.2 Å². The van der Waals surface area contributed by atoms with Crippen molar-refractivity contribution in [2.45, 2.75) is 20.2 Å². The van der Waals surface area contributed by atoms with E-state index in [0.717, 1.165) is 27.4 Å². The van der Waals surface area contributed by atoms with E-state index >= 15 is 0 Å². The molecule has 8 aromatic carbocycles. The average Bonchev–Trinajstić information content (AvgIpc) is 3.99. The van der Waals surface area contributed by atoms with Crippen LogP contribution in [0.1, 0.15) is 35.9 Å². The van der Waals surface area contributed by atoms with Gasteiger partial charge in [-0.05, 0) is 80.5 Å². The molecule has 5 nitrogen and oxygen atoms in total. The molecular weight excluding hydrogens is 964 g/mol. The number of aromatic nitrogens is 4. The van der Waals surface area contributed by atoms with E-state index in [2.05, 4.69) is 42.7 Å². The molecule has 0 aliphatic heterocycles. The van der Waals surface area contributed by atoms with E-state index < -0.39 is 66.8 Å². The first-order chi connectivity index (χ1) is 36.0. The van der Waals surface area contributed by atoms with Crippen LogP contribution in [-0.4, -0.2) is 14.1 Å². The Balaban J connectivity index is 0.00000657. The summed E-state index contributed by atoms with van der Waals surface area (Å²) < 4.78 is 117. The standard InChI is InChI=1S/C58H42N4O.Pt/c1-40(2)34-41-32-33-59-57(35-41)62-53-31-28-45(42-16-6-3-7-17-42)36-52(53)51-30-29-48(38-56(51)62)63-47-23-14-22-46(37-47)60-39-61(55-27-13-12-26-54(55)60)58-49(43-18-8-4-9-19-43)24-15-25-50(58)44-20-10-5-11-21-44;/h3-33,35-36,40H,34H2,1-2H3;/q-2;/i4D,5D,8D,9D,10D,11D,18D,19D,20D,21D,34D2;. The zero-order valence-corrected chi connectivity index (χ0v) is 36.6. The van der Waals surface area contributed by atoms with Crippen molar-refractivity contribution in [3.63, 3.8) is 0 Å². The quantitative estimate of drug-likeness (QED) is 0.101. The first kappa shape index (κ1) is 29.1. The Labute approximate surface area is 404 Å². The number of hydrogen-bond acceptors (Lipinski definition) is 2. The molecule has 0 atom stereocenters. The zero-order valence-electron chi connectivity index (χ0n) is 46.4. The predicted octanol–water partition coefficient (Wildman–Crippen LogP) is 13.8. The van der Waals surface area contributed by atoms with Crippen molar-refractivity contribution < 1.29 is 46.8 Å². The largest absolute Gasteiger partial charge is 0.510 e. The third-order valence-corrected chi connectivity index (χ3v) is 10.8. The second kappa shape index (κ2) is 17.4. The van der Waals surface area contributed by atoms with Gasteiger partial charge in [-0.1, -0.05) is 165 Å². The van der Waals surface area contributed by atoms with Crippen molar-refractivity contribution in [1.82, 2.24) is 14.1 Å². The Morgan fingerprint density at radius 1 is 0.641 bits per heavy atom. The summed E-state index contributed by atoms with van der Waals surface area (Å²) in [7, 11) is 0. The van der Waals surface area contributed by atoms with Crippen molar-refractivity contribution >= 4 is 32.8 Å². The molecule has 6 heteroatoms. The Morgan fingerprint density at radius 2 is 1.34 bits per heavy atom. The Morgan fingerprint density at radius 3 is 2.09 bits per heavy atom. The molecule has 3 heterocycles. The van der Waals surface area contributed by atoms with Gasteiger partial charge in [0.05, 0.1) is 30.4 Å². The fourth-order valence-electron chi connectivity index (χ4n) is 8.10. The van der Waals surface area contributed by atoms with Crippen LogP contribution in [0.3, 0.4) is 0 Å². The molecule has 312 valence electrons. The topological polar surface area (TPSA) is 35.9 Å². The number of imidazole rings is 1. The summed E-state index contributed by atoms with van der Waals surface area (Å²) in [5.41, 5.74) is 5.68. The molecule has 0 spiro atoms. The summed E-state index contributed by atoms with van der Waals surface area (Å²) in [6, 6.07) is 42.3. The first-order valence-electron chi connectivity index (χ1n) is 26.4. The minimum Gasteiger partial charge on any atom is -0.510 e. The maximum Gasteiger partial charge on any atom is 0.268 e. The van der Waals surface area contributed by atoms with Crippen molar-refractivity contribution in [2.75, 3.05) is 0 Å². The molecule has 0 fully saturated rings. The molecular formula is C58H42N4OPt-2. The SMILES string of the molecule is [2H]c1c([2H])c([2H])c(-c2cccc(-c3c([2H])c([2H])c([2H])c([2H])c3[2H])c2-[n+]2[c-]n(-c3[c-]c(Oc4[c-]c5c(cc4)c4cc(-c6ccccc6)ccc4n5-c4cc(C([2H])([2H])C(C)C)ccn4)ccc3)c3ccccc32)c([2H])c1[2H].[Pt]. The maximum absolute atomic E-state index is 9.02. The molecule has 11 rings (SSSR count). The van der Waals surface area contributed by atoms with Gasteiger partial charge in [-0.25, -0.2) is 4.98 Å². The second-order valence-electron chi connectivity index (χ2n) is 15.2. The summed E-state index contributed by atoms with van der Waals surface area (Å²) in [4.78, 5) is 4.76. The average molecular weight is 1020 g/mol. The molecule has 0 saturated heterocycles. The Kier molecular flexibility index (Phi) is 7.93. The van der Waals surface area contributed by atoms with Crippen LogP contribution in [-0.2, 0) is 27.4 Å². The van der Waals surface area contributed by atoms with Gasteiger partial charge in [0.25, 0.3) is 6.33 Å².